The zero-order valence-electron chi connectivity index (χ0n) is 10.3. The Hall–Kier alpha value is -1.35. The second kappa shape index (κ2) is 5.32. The molecule has 0 bridgehead atoms. The molecule has 2 N–H and O–H groups in total. The van der Waals surface area contributed by atoms with Crippen LogP contribution in [-0.2, 0) is 11.3 Å². The van der Waals surface area contributed by atoms with Crippen molar-refractivity contribution in [2.24, 2.45) is 17.6 Å². The number of nitrogens with zero attached hydrogens (tertiary/aromatic N) is 1. The standard InChI is InChI=1S/C14H20N2O/c1-11-9-13(11)14(17)16(8-7-15)10-12-5-3-2-4-6-12/h2-6,11,13H,7-10,15H2,1H3. The third kappa shape index (κ3) is 3.07. The van der Waals surface area contributed by atoms with Crippen molar-refractivity contribution in [1.29, 1.82) is 0 Å². The molecule has 1 aromatic rings. The Balaban J connectivity index is 1.99. The summed E-state index contributed by atoms with van der Waals surface area (Å²) in [5, 5.41) is 0. The normalized spacial score (nSPS) is 22.2. The molecule has 3 nitrogen and oxygen atoms in total. The third-order valence-corrected chi connectivity index (χ3v) is 3.35. The number of hydrogen-bond donors (Lipinski definition) is 1. The maximum atomic E-state index is 12.2. The van der Waals surface area contributed by atoms with E-state index in [4.69, 9.17) is 5.73 Å². The van der Waals surface area contributed by atoms with Gasteiger partial charge in [0.25, 0.3) is 0 Å². The molecule has 1 aliphatic rings. The van der Waals surface area contributed by atoms with Gasteiger partial charge in [-0.1, -0.05) is 37.3 Å². The molecule has 1 saturated carbocycles. The van der Waals surface area contributed by atoms with Gasteiger partial charge in [-0.2, -0.15) is 0 Å². The number of rotatable bonds is 5. The summed E-state index contributed by atoms with van der Waals surface area (Å²) in [4.78, 5) is 14.1. The summed E-state index contributed by atoms with van der Waals surface area (Å²) < 4.78 is 0. The maximum absolute atomic E-state index is 12.2. The summed E-state index contributed by atoms with van der Waals surface area (Å²) in [7, 11) is 0. The zero-order chi connectivity index (χ0) is 12.3. The molecule has 0 heterocycles. The van der Waals surface area contributed by atoms with Gasteiger partial charge in [0.2, 0.25) is 5.91 Å². The van der Waals surface area contributed by atoms with Gasteiger partial charge in [-0.25, -0.2) is 0 Å². The van der Waals surface area contributed by atoms with E-state index in [-0.39, 0.29) is 11.8 Å². The van der Waals surface area contributed by atoms with Crippen molar-refractivity contribution in [1.82, 2.24) is 4.90 Å². The molecule has 0 aromatic heterocycles. The van der Waals surface area contributed by atoms with Gasteiger partial charge in [-0.3, -0.25) is 4.79 Å². The van der Waals surface area contributed by atoms with Crippen LogP contribution in [0.1, 0.15) is 18.9 Å². The third-order valence-electron chi connectivity index (χ3n) is 3.35. The molecule has 17 heavy (non-hydrogen) atoms. The fourth-order valence-corrected chi connectivity index (χ4v) is 2.13. The van der Waals surface area contributed by atoms with E-state index in [1.807, 2.05) is 35.2 Å². The van der Waals surface area contributed by atoms with Crippen LogP contribution in [0, 0.1) is 11.8 Å². The average Bonchev–Trinajstić information content (AvgIpc) is 3.06. The second-order valence-corrected chi connectivity index (χ2v) is 4.85. The summed E-state index contributed by atoms with van der Waals surface area (Å²) in [5.74, 6) is 1.07. The first-order chi connectivity index (χ1) is 8.22. The molecule has 2 atom stereocenters. The molecular formula is C14H20N2O. The largest absolute Gasteiger partial charge is 0.337 e. The molecule has 92 valence electrons. The van der Waals surface area contributed by atoms with Crippen LogP contribution in [0.2, 0.25) is 0 Å². The smallest absolute Gasteiger partial charge is 0.226 e. The second-order valence-electron chi connectivity index (χ2n) is 4.85. The van der Waals surface area contributed by atoms with E-state index >= 15 is 0 Å². The summed E-state index contributed by atoms with van der Waals surface area (Å²) >= 11 is 0. The van der Waals surface area contributed by atoms with Crippen LogP contribution in [0.25, 0.3) is 0 Å². The summed E-state index contributed by atoms with van der Waals surface area (Å²) in [6, 6.07) is 10.1. The molecular weight excluding hydrogens is 212 g/mol. The molecule has 1 aromatic carbocycles. The van der Waals surface area contributed by atoms with Crippen molar-refractivity contribution in [3.05, 3.63) is 35.9 Å². The monoisotopic (exact) mass is 232 g/mol. The van der Waals surface area contributed by atoms with Gasteiger partial charge < -0.3 is 10.6 Å². The van der Waals surface area contributed by atoms with E-state index in [2.05, 4.69) is 6.92 Å². The fourth-order valence-electron chi connectivity index (χ4n) is 2.13. The SMILES string of the molecule is CC1CC1C(=O)N(CCN)Cc1ccccc1. The van der Waals surface area contributed by atoms with Gasteiger partial charge in [0.1, 0.15) is 0 Å². The first-order valence-corrected chi connectivity index (χ1v) is 6.25. The highest BCUT2D eigenvalue weighted by atomic mass is 16.2. The van der Waals surface area contributed by atoms with Gasteiger partial charge in [0, 0.05) is 25.6 Å². The van der Waals surface area contributed by atoms with E-state index in [1.165, 1.54) is 5.56 Å². The van der Waals surface area contributed by atoms with E-state index < -0.39 is 0 Å². The number of carbonyl (C=O) groups is 1. The predicted octanol–water partition coefficient (Wildman–Crippen LogP) is 1.63. The summed E-state index contributed by atoms with van der Waals surface area (Å²) in [6.45, 7) is 3.99. The van der Waals surface area contributed by atoms with Crippen molar-refractivity contribution in [2.45, 2.75) is 19.9 Å². The highest BCUT2D eigenvalue weighted by Gasteiger charge is 2.41. The topological polar surface area (TPSA) is 46.3 Å². The Morgan fingerprint density at radius 2 is 2.06 bits per heavy atom. The average molecular weight is 232 g/mol. The van der Waals surface area contributed by atoms with Crippen LogP contribution < -0.4 is 5.73 Å². The molecule has 1 aliphatic carbocycles. The Bertz CT molecular complexity index is 377. The van der Waals surface area contributed by atoms with E-state index in [0.29, 0.717) is 25.6 Å². The van der Waals surface area contributed by atoms with Crippen LogP contribution in [0.3, 0.4) is 0 Å². The molecule has 0 spiro atoms. The van der Waals surface area contributed by atoms with Crippen LogP contribution >= 0.6 is 0 Å². The summed E-state index contributed by atoms with van der Waals surface area (Å²) in [6.07, 6.45) is 1.04. The van der Waals surface area contributed by atoms with Crippen molar-refractivity contribution in [2.75, 3.05) is 13.1 Å². The molecule has 1 fully saturated rings. The number of carbonyl (C=O) groups excluding carboxylic acids is 1. The molecule has 2 unspecified atom stereocenters. The number of amides is 1. The lowest BCUT2D eigenvalue weighted by molar-refractivity contribution is -0.133. The lowest BCUT2D eigenvalue weighted by Gasteiger charge is -2.22. The zero-order valence-corrected chi connectivity index (χ0v) is 10.3. The van der Waals surface area contributed by atoms with Crippen molar-refractivity contribution in [3.8, 4) is 0 Å². The lowest BCUT2D eigenvalue weighted by atomic mass is 10.2. The van der Waals surface area contributed by atoms with E-state index in [0.717, 1.165) is 6.42 Å². The van der Waals surface area contributed by atoms with E-state index in [9.17, 15) is 4.79 Å². The van der Waals surface area contributed by atoms with Gasteiger partial charge in [-0.05, 0) is 17.9 Å². The minimum atomic E-state index is 0.241. The van der Waals surface area contributed by atoms with Gasteiger partial charge in [-0.15, -0.1) is 0 Å². The molecule has 1 amide bonds. The van der Waals surface area contributed by atoms with E-state index in [1.54, 1.807) is 0 Å². The fraction of sp³-hybridized carbons (Fsp3) is 0.500. The van der Waals surface area contributed by atoms with Crippen LogP contribution in [0.5, 0.6) is 0 Å². The number of benzene rings is 1. The first-order valence-electron chi connectivity index (χ1n) is 6.25. The first kappa shape index (κ1) is 12.1. The Kier molecular flexibility index (Phi) is 3.79. The van der Waals surface area contributed by atoms with Crippen LogP contribution in [-0.4, -0.2) is 23.9 Å². The Labute approximate surface area is 103 Å². The highest BCUT2D eigenvalue weighted by molar-refractivity contribution is 5.81. The maximum Gasteiger partial charge on any atom is 0.226 e. The predicted molar refractivity (Wildman–Crippen MR) is 68.2 cm³/mol. The minimum Gasteiger partial charge on any atom is -0.337 e. The van der Waals surface area contributed by atoms with Gasteiger partial charge in [0.15, 0.2) is 0 Å². The number of hydrogen-bond acceptors (Lipinski definition) is 2. The molecule has 2 rings (SSSR count). The highest BCUT2D eigenvalue weighted by Crippen LogP contribution is 2.39. The Morgan fingerprint density at radius 3 is 2.59 bits per heavy atom. The molecule has 0 saturated heterocycles. The van der Waals surface area contributed by atoms with Crippen molar-refractivity contribution < 1.29 is 4.79 Å². The molecule has 3 heteroatoms. The lowest BCUT2D eigenvalue weighted by Crippen LogP contribution is -2.36. The van der Waals surface area contributed by atoms with Crippen LogP contribution in [0.4, 0.5) is 0 Å². The molecule has 0 radical (unpaired) electrons. The molecule has 0 aliphatic heterocycles. The quantitative estimate of drug-likeness (QED) is 0.838. The Morgan fingerprint density at radius 1 is 1.41 bits per heavy atom. The van der Waals surface area contributed by atoms with Gasteiger partial charge in [0.05, 0.1) is 0 Å². The number of nitrogens with two attached hydrogens (primary N) is 1. The van der Waals surface area contributed by atoms with Crippen molar-refractivity contribution in [3.63, 3.8) is 0 Å². The van der Waals surface area contributed by atoms with Crippen molar-refractivity contribution >= 4 is 5.91 Å². The van der Waals surface area contributed by atoms with Gasteiger partial charge >= 0.3 is 0 Å². The minimum absolute atomic E-state index is 0.241. The summed E-state index contributed by atoms with van der Waals surface area (Å²) in [5.41, 5.74) is 6.75. The van der Waals surface area contributed by atoms with Crippen LogP contribution in [0.15, 0.2) is 30.3 Å².